The first-order chi connectivity index (χ1) is 19.7. The number of carbonyl (C=O) groups is 1. The lowest BCUT2D eigenvalue weighted by molar-refractivity contribution is 0.262. The molecule has 1 aliphatic rings. The Morgan fingerprint density at radius 1 is 1.03 bits per heavy atom. The molecule has 0 saturated heterocycles. The van der Waals surface area contributed by atoms with Crippen LogP contribution in [0.3, 0.4) is 0 Å². The molecule has 1 aliphatic carbocycles. The van der Waals surface area contributed by atoms with Gasteiger partial charge in [0, 0.05) is 26.5 Å². The molecule has 39 heavy (non-hydrogen) atoms. The summed E-state index contributed by atoms with van der Waals surface area (Å²) >= 11 is 0. The lowest BCUT2D eigenvalue weighted by Gasteiger charge is -2.38. The number of amides is 2. The molecule has 1 saturated carbocycles. The Kier molecular flexibility index (Phi) is 7.42. The molecule has 0 radical (unpaired) electrons. The number of H-pyrrole nitrogens is 1. The maximum atomic E-state index is 13.3. The zero-order chi connectivity index (χ0) is 29.0. The van der Waals surface area contributed by atoms with Crippen LogP contribution in [0.1, 0.15) is 54.3 Å². The number of rotatable bonds is 8. The van der Waals surface area contributed by atoms with Crippen molar-refractivity contribution in [3.8, 4) is 22.5 Å². The first-order valence-corrected chi connectivity index (χ1v) is 13.7. The summed E-state index contributed by atoms with van der Waals surface area (Å²) in [5.41, 5.74) is 5.53. The van der Waals surface area contributed by atoms with Gasteiger partial charge in [0.2, 0.25) is 0 Å². The van der Waals surface area contributed by atoms with Crippen LogP contribution in [0, 0.1) is 12.8 Å². The second-order valence-electron chi connectivity index (χ2n) is 10.4. The highest BCUT2D eigenvalue weighted by atomic mass is 16.2. The second-order valence-corrected chi connectivity index (χ2v) is 10.4. The Balaban J connectivity index is 1.60. The maximum Gasteiger partial charge on any atom is 0.323 e. The number of urea groups is 1. The molecule has 202 valence electrons. The van der Waals surface area contributed by atoms with Crippen molar-refractivity contribution in [1.29, 1.82) is 0 Å². The maximum absolute atomic E-state index is 13.3. The van der Waals surface area contributed by atoms with Crippen LogP contribution in [0.4, 0.5) is 21.9 Å². The molecular weight excluding hydrogens is 486 g/mol. The molecule has 4 aromatic rings. The van der Waals surface area contributed by atoms with E-state index >= 15 is 0 Å². The summed E-state index contributed by atoms with van der Waals surface area (Å²) < 4.78 is 18.3. The zero-order valence-electron chi connectivity index (χ0n) is 24.7. The Morgan fingerprint density at radius 2 is 1.77 bits per heavy atom. The number of aromatic nitrogens is 4. The van der Waals surface area contributed by atoms with E-state index in [0.29, 0.717) is 22.9 Å². The molecule has 1 fully saturated rings. The topological polar surface area (TPSA) is 98.8 Å². The number of anilines is 3. The van der Waals surface area contributed by atoms with E-state index in [1.54, 1.807) is 0 Å². The summed E-state index contributed by atoms with van der Waals surface area (Å²) in [6.45, 7) is 4.18. The summed E-state index contributed by atoms with van der Waals surface area (Å²) in [4.78, 5) is 15.2. The number of hydrogen-bond donors (Lipinski definition) is 3. The number of aryl methyl sites for hydroxylation is 1. The molecule has 8 nitrogen and oxygen atoms in total. The minimum atomic E-state index is -1.63. The number of carbonyl (C=O) groups excluding carboxylic acids is 1. The summed E-state index contributed by atoms with van der Waals surface area (Å²) in [5, 5.41) is 20.4. The summed E-state index contributed by atoms with van der Waals surface area (Å²) in [6.07, 6.45) is 5.09. The lowest BCUT2D eigenvalue weighted by Crippen LogP contribution is -2.40. The third-order valence-corrected chi connectivity index (χ3v) is 6.99. The van der Waals surface area contributed by atoms with Gasteiger partial charge < -0.3 is 15.5 Å². The smallest absolute Gasteiger partial charge is 0.323 e. The molecule has 0 bridgehead atoms. The molecule has 3 N–H and O–H groups in total. The van der Waals surface area contributed by atoms with E-state index in [0.717, 1.165) is 54.4 Å². The largest absolute Gasteiger partial charge is 0.367 e. The number of nitrogens with zero attached hydrogens (tertiary/aromatic N) is 4. The fraction of sp³-hybridized carbons (Fsp3) is 0.355. The molecule has 1 heterocycles. The molecule has 3 aromatic carbocycles. The second kappa shape index (κ2) is 12.1. The van der Waals surface area contributed by atoms with Crippen LogP contribution >= 0.6 is 0 Å². The van der Waals surface area contributed by atoms with Crippen LogP contribution in [0.15, 0.2) is 66.7 Å². The van der Waals surface area contributed by atoms with Crippen molar-refractivity contribution >= 4 is 23.1 Å². The first kappa shape index (κ1) is 23.9. The molecule has 0 atom stereocenters. The molecule has 0 aliphatic heterocycles. The average Bonchev–Trinajstić information content (AvgIpc) is 3.51. The standard InChI is InChI=1S/C31H37N7O/c1-21(2)20-38(25-9-5-4-6-10-25)29-18-15-23(26-11-7-8-12-27(26)30-34-36-37-35-30)19-28(29)33-31(39)32-24-16-13-22(3)14-17-24/h7-8,11-19,21,25H,4-6,9-10,20H2,1-3H3,(H2,32,33,39)(H,34,35,36,37)/i20D2. The van der Waals surface area contributed by atoms with Gasteiger partial charge in [-0.2, -0.15) is 0 Å². The van der Waals surface area contributed by atoms with Gasteiger partial charge in [-0.15, -0.1) is 5.10 Å². The molecule has 1 aromatic heterocycles. The number of tetrazole rings is 1. The summed E-state index contributed by atoms with van der Waals surface area (Å²) in [6, 6.07) is 20.9. The predicted octanol–water partition coefficient (Wildman–Crippen LogP) is 7.28. The van der Waals surface area contributed by atoms with Gasteiger partial charge in [0.25, 0.3) is 0 Å². The van der Waals surface area contributed by atoms with Gasteiger partial charge in [0.05, 0.1) is 11.4 Å². The molecule has 2 amide bonds. The van der Waals surface area contributed by atoms with Gasteiger partial charge in [0.1, 0.15) is 0 Å². The number of hydrogen-bond acceptors (Lipinski definition) is 5. The highest BCUT2D eigenvalue weighted by molar-refractivity contribution is 6.02. The summed E-state index contributed by atoms with van der Waals surface area (Å²) in [7, 11) is 0. The fourth-order valence-corrected chi connectivity index (χ4v) is 5.14. The Bertz CT molecular complexity index is 1470. The van der Waals surface area contributed by atoms with E-state index in [1.165, 1.54) is 0 Å². The van der Waals surface area contributed by atoms with Gasteiger partial charge in [-0.3, -0.25) is 0 Å². The van der Waals surface area contributed by atoms with Crippen molar-refractivity contribution in [3.63, 3.8) is 0 Å². The quantitative estimate of drug-likeness (QED) is 0.224. The minimum absolute atomic E-state index is 0.0280. The van der Waals surface area contributed by atoms with Crippen molar-refractivity contribution in [2.75, 3.05) is 22.0 Å². The Morgan fingerprint density at radius 3 is 2.46 bits per heavy atom. The van der Waals surface area contributed by atoms with Crippen LogP contribution in [0.5, 0.6) is 0 Å². The van der Waals surface area contributed by atoms with Crippen molar-refractivity contribution < 1.29 is 7.54 Å². The zero-order valence-corrected chi connectivity index (χ0v) is 22.7. The number of benzene rings is 3. The van der Waals surface area contributed by atoms with Crippen LogP contribution in [0.25, 0.3) is 22.5 Å². The van der Waals surface area contributed by atoms with Crippen LogP contribution in [-0.4, -0.2) is 39.2 Å². The van der Waals surface area contributed by atoms with E-state index in [9.17, 15) is 7.54 Å². The van der Waals surface area contributed by atoms with Crippen LogP contribution in [0.2, 0.25) is 0 Å². The fourth-order valence-electron chi connectivity index (χ4n) is 5.14. The highest BCUT2D eigenvalue weighted by Gasteiger charge is 2.25. The average molecular weight is 526 g/mol. The van der Waals surface area contributed by atoms with Gasteiger partial charge in [-0.1, -0.05) is 81.1 Å². The van der Waals surface area contributed by atoms with Crippen LogP contribution < -0.4 is 15.5 Å². The molecule has 8 heteroatoms. The lowest BCUT2D eigenvalue weighted by atomic mass is 9.92. The predicted molar refractivity (Wildman–Crippen MR) is 158 cm³/mol. The van der Waals surface area contributed by atoms with Crippen LogP contribution in [-0.2, 0) is 0 Å². The molecular formula is C31H37N7O. The van der Waals surface area contributed by atoms with Crippen molar-refractivity contribution in [1.82, 2.24) is 20.6 Å². The third kappa shape index (κ3) is 6.45. The molecule has 5 rings (SSSR count). The normalized spacial score (nSPS) is 15.0. The van der Waals surface area contributed by atoms with Gasteiger partial charge in [0.15, 0.2) is 5.82 Å². The van der Waals surface area contributed by atoms with E-state index in [-0.39, 0.29) is 12.0 Å². The third-order valence-electron chi connectivity index (χ3n) is 6.99. The number of aromatic amines is 1. The Labute approximate surface area is 233 Å². The van der Waals surface area contributed by atoms with E-state index in [1.807, 2.05) is 92.4 Å². The molecule has 0 unspecified atom stereocenters. The van der Waals surface area contributed by atoms with E-state index in [2.05, 4.69) is 31.3 Å². The van der Waals surface area contributed by atoms with Gasteiger partial charge >= 0.3 is 6.03 Å². The summed E-state index contributed by atoms with van der Waals surface area (Å²) in [5.74, 6) is 0.272. The Hall–Kier alpha value is -4.20. The van der Waals surface area contributed by atoms with Crippen molar-refractivity contribution in [3.05, 3.63) is 72.3 Å². The SMILES string of the molecule is [2H]C([2H])(C(C)C)N(c1ccc(-c2ccccc2-c2nnn[nH]2)cc1NC(=O)Nc1ccc(C)cc1)C1CCCCC1. The first-order valence-electron chi connectivity index (χ1n) is 14.7. The van der Waals surface area contributed by atoms with E-state index < -0.39 is 12.5 Å². The van der Waals surface area contributed by atoms with Crippen molar-refractivity contribution in [2.24, 2.45) is 5.92 Å². The monoisotopic (exact) mass is 525 g/mol. The van der Waals surface area contributed by atoms with Crippen molar-refractivity contribution in [2.45, 2.75) is 58.9 Å². The highest BCUT2D eigenvalue weighted by Crippen LogP contribution is 2.38. The number of nitrogens with one attached hydrogen (secondary N) is 3. The van der Waals surface area contributed by atoms with Gasteiger partial charge in [-0.05, 0) is 71.5 Å². The minimum Gasteiger partial charge on any atom is -0.367 e. The van der Waals surface area contributed by atoms with Gasteiger partial charge in [-0.25, -0.2) is 9.89 Å². The van der Waals surface area contributed by atoms with E-state index in [4.69, 9.17) is 0 Å². The molecule has 0 spiro atoms.